The lowest BCUT2D eigenvalue weighted by Crippen LogP contribution is -2.00. The van der Waals surface area contributed by atoms with Crippen LogP contribution >= 0.6 is 11.8 Å². The molecule has 2 rings (SSSR count). The zero-order valence-corrected chi connectivity index (χ0v) is 11.0. The number of anilines is 1. The third-order valence-corrected chi connectivity index (χ3v) is 3.29. The minimum Gasteiger partial charge on any atom is -0.373 e. The molecule has 6 heteroatoms. The lowest BCUT2D eigenvalue weighted by molar-refractivity contribution is 0.786. The van der Waals surface area contributed by atoms with E-state index in [1.807, 2.05) is 37.8 Å². The molecule has 0 aliphatic heterocycles. The number of nitrogens with zero attached hydrogens (tertiary/aromatic N) is 4. The predicted octanol–water partition coefficient (Wildman–Crippen LogP) is 1.97. The Labute approximate surface area is 105 Å². The Hall–Kier alpha value is -1.56. The first-order chi connectivity index (χ1) is 8.22. The highest BCUT2D eigenvalue weighted by molar-refractivity contribution is 7.99. The van der Waals surface area contributed by atoms with Crippen molar-refractivity contribution >= 4 is 17.6 Å². The number of aromatic nitrogens is 4. The van der Waals surface area contributed by atoms with Gasteiger partial charge in [0.2, 0.25) is 0 Å². The van der Waals surface area contributed by atoms with E-state index in [1.54, 1.807) is 18.0 Å². The van der Waals surface area contributed by atoms with Gasteiger partial charge in [0.15, 0.2) is 5.16 Å². The van der Waals surface area contributed by atoms with E-state index in [-0.39, 0.29) is 0 Å². The second-order valence-electron chi connectivity index (χ2n) is 3.53. The van der Waals surface area contributed by atoms with Gasteiger partial charge in [0.25, 0.3) is 0 Å². The summed E-state index contributed by atoms with van der Waals surface area (Å²) >= 11 is 1.54. The molecule has 0 saturated carbocycles. The fourth-order valence-electron chi connectivity index (χ4n) is 1.36. The highest BCUT2D eigenvalue weighted by Crippen LogP contribution is 2.25. The second-order valence-corrected chi connectivity index (χ2v) is 4.52. The van der Waals surface area contributed by atoms with Crippen LogP contribution in [-0.2, 0) is 13.5 Å². The van der Waals surface area contributed by atoms with Crippen molar-refractivity contribution in [2.24, 2.45) is 7.05 Å². The van der Waals surface area contributed by atoms with Crippen LogP contribution in [0.5, 0.6) is 0 Å². The molecule has 0 amide bonds. The monoisotopic (exact) mass is 249 g/mol. The highest BCUT2D eigenvalue weighted by Gasteiger charge is 2.07. The molecule has 0 aliphatic carbocycles. The van der Waals surface area contributed by atoms with E-state index in [2.05, 4.69) is 20.3 Å². The molecule has 2 heterocycles. The van der Waals surface area contributed by atoms with E-state index < -0.39 is 0 Å². The smallest absolute Gasteiger partial charge is 0.174 e. The Balaban J connectivity index is 2.29. The topological polar surface area (TPSA) is 55.6 Å². The molecule has 2 aromatic rings. The molecule has 0 saturated heterocycles. The molecule has 0 unspecified atom stereocenters. The van der Waals surface area contributed by atoms with E-state index in [9.17, 15) is 0 Å². The zero-order chi connectivity index (χ0) is 12.3. The van der Waals surface area contributed by atoms with Gasteiger partial charge in [-0.25, -0.2) is 15.0 Å². The Kier molecular flexibility index (Phi) is 3.63. The van der Waals surface area contributed by atoms with E-state index >= 15 is 0 Å². The number of hydrogen-bond donors (Lipinski definition) is 1. The van der Waals surface area contributed by atoms with E-state index in [4.69, 9.17) is 0 Å². The standard InChI is InChI=1S/C11H15N5S/c1-4-8-14-9(12-2)7-10(15-8)17-11-13-5-6-16(11)3/h5-7H,4H2,1-3H3,(H,12,14,15). The van der Waals surface area contributed by atoms with Gasteiger partial charge < -0.3 is 9.88 Å². The summed E-state index contributed by atoms with van der Waals surface area (Å²) in [4.78, 5) is 13.1. The first kappa shape index (κ1) is 11.9. The molecule has 90 valence electrons. The maximum Gasteiger partial charge on any atom is 0.174 e. The molecule has 1 N–H and O–H groups in total. The molecule has 0 radical (unpaired) electrons. The minimum absolute atomic E-state index is 0.823. The van der Waals surface area contributed by atoms with Crippen molar-refractivity contribution in [3.8, 4) is 0 Å². The maximum absolute atomic E-state index is 4.47. The van der Waals surface area contributed by atoms with E-state index in [1.165, 1.54) is 0 Å². The van der Waals surface area contributed by atoms with Gasteiger partial charge in [-0.1, -0.05) is 6.92 Å². The third kappa shape index (κ3) is 2.76. The summed E-state index contributed by atoms with van der Waals surface area (Å²) in [6.07, 6.45) is 4.52. The molecule has 17 heavy (non-hydrogen) atoms. The number of nitrogens with one attached hydrogen (secondary N) is 1. The number of aryl methyl sites for hydroxylation is 2. The first-order valence-electron chi connectivity index (χ1n) is 5.43. The lowest BCUT2D eigenvalue weighted by Gasteiger charge is -2.06. The molecule has 0 atom stereocenters. The summed E-state index contributed by atoms with van der Waals surface area (Å²) < 4.78 is 1.97. The maximum atomic E-state index is 4.47. The van der Waals surface area contributed by atoms with Gasteiger partial charge in [-0.05, 0) is 11.8 Å². The van der Waals surface area contributed by atoms with Crippen LogP contribution in [0.1, 0.15) is 12.7 Å². The van der Waals surface area contributed by atoms with Crippen molar-refractivity contribution in [3.63, 3.8) is 0 Å². The molecule has 0 aliphatic rings. The van der Waals surface area contributed by atoms with Crippen LogP contribution in [0.15, 0.2) is 28.6 Å². The average molecular weight is 249 g/mol. The van der Waals surface area contributed by atoms with Crippen molar-refractivity contribution in [1.82, 2.24) is 19.5 Å². The molecule has 5 nitrogen and oxygen atoms in total. The Bertz CT molecular complexity index is 486. The fraction of sp³-hybridized carbons (Fsp3) is 0.364. The fourth-order valence-corrected chi connectivity index (χ4v) is 2.18. The molecule has 2 aromatic heterocycles. The van der Waals surface area contributed by atoms with Crippen LogP contribution in [0.3, 0.4) is 0 Å². The number of rotatable bonds is 4. The van der Waals surface area contributed by atoms with Crippen LogP contribution in [-0.4, -0.2) is 26.6 Å². The van der Waals surface area contributed by atoms with Gasteiger partial charge in [0.1, 0.15) is 16.7 Å². The van der Waals surface area contributed by atoms with Gasteiger partial charge in [0, 0.05) is 39.0 Å². The van der Waals surface area contributed by atoms with E-state index in [0.717, 1.165) is 28.2 Å². The van der Waals surface area contributed by atoms with Crippen LogP contribution in [0, 0.1) is 0 Å². The molecule has 0 aromatic carbocycles. The largest absolute Gasteiger partial charge is 0.373 e. The molecule has 0 spiro atoms. The van der Waals surface area contributed by atoms with Crippen molar-refractivity contribution in [2.75, 3.05) is 12.4 Å². The van der Waals surface area contributed by atoms with Crippen molar-refractivity contribution in [1.29, 1.82) is 0 Å². The molecular weight excluding hydrogens is 234 g/mol. The van der Waals surface area contributed by atoms with Crippen LogP contribution in [0.4, 0.5) is 5.82 Å². The quantitative estimate of drug-likeness (QED) is 0.839. The third-order valence-electron chi connectivity index (χ3n) is 2.29. The highest BCUT2D eigenvalue weighted by atomic mass is 32.2. The number of imidazole rings is 1. The zero-order valence-electron chi connectivity index (χ0n) is 10.1. The Morgan fingerprint density at radius 3 is 2.82 bits per heavy atom. The van der Waals surface area contributed by atoms with Gasteiger partial charge >= 0.3 is 0 Å². The van der Waals surface area contributed by atoms with Gasteiger partial charge in [-0.15, -0.1) is 0 Å². The molecule has 0 fully saturated rings. The van der Waals surface area contributed by atoms with Crippen molar-refractivity contribution in [2.45, 2.75) is 23.5 Å². The summed E-state index contributed by atoms with van der Waals surface area (Å²) in [5.41, 5.74) is 0. The summed E-state index contributed by atoms with van der Waals surface area (Å²) in [5.74, 6) is 1.68. The van der Waals surface area contributed by atoms with Crippen LogP contribution in [0.25, 0.3) is 0 Å². The summed E-state index contributed by atoms with van der Waals surface area (Å²) in [6, 6.07) is 1.93. The van der Waals surface area contributed by atoms with Gasteiger partial charge in [-0.2, -0.15) is 0 Å². The Morgan fingerprint density at radius 1 is 1.41 bits per heavy atom. The summed E-state index contributed by atoms with van der Waals surface area (Å²) in [6.45, 7) is 2.05. The van der Waals surface area contributed by atoms with E-state index in [0.29, 0.717) is 0 Å². The van der Waals surface area contributed by atoms with Crippen LogP contribution < -0.4 is 5.32 Å². The normalized spacial score (nSPS) is 10.5. The van der Waals surface area contributed by atoms with Gasteiger partial charge in [0.05, 0.1) is 0 Å². The van der Waals surface area contributed by atoms with Crippen molar-refractivity contribution in [3.05, 3.63) is 24.3 Å². The predicted molar refractivity (Wildman–Crippen MR) is 68.3 cm³/mol. The van der Waals surface area contributed by atoms with Crippen molar-refractivity contribution < 1.29 is 0 Å². The SMILES string of the molecule is CCc1nc(NC)cc(Sc2nccn2C)n1. The summed E-state index contributed by atoms with van der Waals surface area (Å²) in [5, 5.41) is 4.88. The molecular formula is C11H15N5S. The second kappa shape index (κ2) is 5.18. The molecule has 0 bridgehead atoms. The Morgan fingerprint density at radius 2 is 2.24 bits per heavy atom. The summed E-state index contributed by atoms with van der Waals surface area (Å²) in [7, 11) is 3.83. The number of hydrogen-bond acceptors (Lipinski definition) is 5. The average Bonchev–Trinajstić information content (AvgIpc) is 2.74. The van der Waals surface area contributed by atoms with Gasteiger partial charge in [-0.3, -0.25) is 0 Å². The van der Waals surface area contributed by atoms with Crippen LogP contribution in [0.2, 0.25) is 0 Å². The minimum atomic E-state index is 0.823. The lowest BCUT2D eigenvalue weighted by atomic mass is 10.4. The first-order valence-corrected chi connectivity index (χ1v) is 6.25.